The zero-order valence-electron chi connectivity index (χ0n) is 16.8. The third kappa shape index (κ3) is 7.17. The Labute approximate surface area is 188 Å². The van der Waals surface area contributed by atoms with E-state index in [0.717, 1.165) is 0 Å². The van der Waals surface area contributed by atoms with Crippen LogP contribution in [-0.4, -0.2) is 33.4 Å². The van der Waals surface area contributed by atoms with Crippen molar-refractivity contribution in [3.8, 4) is 0 Å². The fourth-order valence-electron chi connectivity index (χ4n) is 2.58. The van der Waals surface area contributed by atoms with E-state index >= 15 is 0 Å². The van der Waals surface area contributed by atoms with Gasteiger partial charge in [0.15, 0.2) is 12.4 Å². The predicted molar refractivity (Wildman–Crippen MR) is 117 cm³/mol. The fraction of sp³-hybridized carbons (Fsp3) is 0.190. The summed E-state index contributed by atoms with van der Waals surface area (Å²) >= 11 is 5.79. The lowest BCUT2D eigenvalue weighted by Gasteiger charge is -2.08. The number of aromatic nitrogens is 3. The summed E-state index contributed by atoms with van der Waals surface area (Å²) in [4.78, 5) is 36.0. The number of hydrogen-bond acceptors (Lipinski definition) is 8. The van der Waals surface area contributed by atoms with E-state index in [0.29, 0.717) is 29.2 Å². The first-order valence-corrected chi connectivity index (χ1v) is 9.99. The molecule has 3 rings (SSSR count). The number of carbonyl (C=O) groups is 2. The molecule has 11 heteroatoms. The normalized spacial score (nSPS) is 10.4. The fourth-order valence-corrected chi connectivity index (χ4v) is 2.70. The van der Waals surface area contributed by atoms with Crippen LogP contribution >= 0.6 is 11.6 Å². The topological polar surface area (TPSA) is 132 Å². The van der Waals surface area contributed by atoms with Crippen LogP contribution in [0.1, 0.15) is 29.0 Å². The van der Waals surface area contributed by atoms with Crippen LogP contribution in [0.5, 0.6) is 0 Å². The van der Waals surface area contributed by atoms with E-state index < -0.39 is 5.97 Å². The lowest BCUT2D eigenvalue weighted by atomic mass is 10.2. The van der Waals surface area contributed by atoms with Crippen molar-refractivity contribution in [3.05, 3.63) is 70.8 Å². The van der Waals surface area contributed by atoms with Crippen LogP contribution in [-0.2, 0) is 16.1 Å². The first-order chi connectivity index (χ1) is 15.4. The number of benzene rings is 2. The Bertz CT molecular complexity index is 1080. The van der Waals surface area contributed by atoms with Crippen LogP contribution in [0.25, 0.3) is 0 Å². The van der Waals surface area contributed by atoms with Gasteiger partial charge in [-0.1, -0.05) is 11.6 Å². The summed E-state index contributed by atoms with van der Waals surface area (Å²) in [6.45, 7) is 0.113. The first kappa shape index (κ1) is 22.9. The number of nitrogens with zero attached hydrogens (tertiary/aromatic N) is 3. The minimum Gasteiger partial charge on any atom is -0.457 e. The molecule has 9 nitrogen and oxygen atoms in total. The second-order valence-corrected chi connectivity index (χ2v) is 7.03. The number of halogens is 2. The predicted octanol–water partition coefficient (Wildman–Crippen LogP) is 3.24. The number of amides is 1. The van der Waals surface area contributed by atoms with Gasteiger partial charge in [0.1, 0.15) is 5.82 Å². The molecule has 0 aliphatic heterocycles. The molecule has 0 bridgehead atoms. The van der Waals surface area contributed by atoms with Crippen LogP contribution in [0.3, 0.4) is 0 Å². The van der Waals surface area contributed by atoms with Gasteiger partial charge in [0.05, 0.1) is 0 Å². The highest BCUT2D eigenvalue weighted by Crippen LogP contribution is 2.14. The minimum atomic E-state index is -0.474. The Morgan fingerprint density at radius 3 is 2.47 bits per heavy atom. The second-order valence-electron chi connectivity index (χ2n) is 6.59. The van der Waals surface area contributed by atoms with Gasteiger partial charge in [-0.25, -0.2) is 4.39 Å². The Kier molecular flexibility index (Phi) is 7.87. The van der Waals surface area contributed by atoms with E-state index in [2.05, 4.69) is 25.6 Å². The molecule has 32 heavy (non-hydrogen) atoms. The maximum Gasteiger partial charge on any atom is 0.306 e. The number of hydrogen-bond donors (Lipinski definition) is 3. The van der Waals surface area contributed by atoms with Gasteiger partial charge in [-0.3, -0.25) is 9.59 Å². The number of rotatable bonds is 9. The van der Waals surface area contributed by atoms with Crippen molar-refractivity contribution in [3.63, 3.8) is 0 Å². The third-order valence-corrected chi connectivity index (χ3v) is 4.36. The lowest BCUT2D eigenvalue weighted by Crippen LogP contribution is -2.25. The molecule has 1 heterocycles. The summed E-state index contributed by atoms with van der Waals surface area (Å²) in [5, 5.41) is 6.13. The van der Waals surface area contributed by atoms with Gasteiger partial charge in [-0.15, -0.1) is 0 Å². The maximum absolute atomic E-state index is 13.0. The van der Waals surface area contributed by atoms with Gasteiger partial charge in [-0.2, -0.15) is 15.0 Å². The molecule has 1 amide bonds. The van der Waals surface area contributed by atoms with E-state index in [9.17, 15) is 14.0 Å². The van der Waals surface area contributed by atoms with Crippen LogP contribution in [0, 0.1) is 5.82 Å². The molecular weight excluding hydrogens is 439 g/mol. The van der Waals surface area contributed by atoms with Gasteiger partial charge < -0.3 is 21.1 Å². The van der Waals surface area contributed by atoms with E-state index in [4.69, 9.17) is 22.1 Å². The van der Waals surface area contributed by atoms with Gasteiger partial charge in [0, 0.05) is 29.2 Å². The Morgan fingerprint density at radius 1 is 1.03 bits per heavy atom. The van der Waals surface area contributed by atoms with Crippen molar-refractivity contribution in [2.45, 2.75) is 19.4 Å². The molecule has 0 saturated carbocycles. The van der Waals surface area contributed by atoms with Crippen LogP contribution in [0.15, 0.2) is 48.5 Å². The highest BCUT2D eigenvalue weighted by molar-refractivity contribution is 6.30. The number of nitrogens with two attached hydrogens (primary N) is 1. The average molecular weight is 459 g/mol. The quantitative estimate of drug-likeness (QED) is 0.329. The zero-order valence-corrected chi connectivity index (χ0v) is 17.6. The molecule has 0 aliphatic carbocycles. The van der Waals surface area contributed by atoms with Crippen LogP contribution in [0.4, 0.5) is 22.0 Å². The molecule has 0 saturated heterocycles. The maximum atomic E-state index is 13.0. The van der Waals surface area contributed by atoms with Crippen molar-refractivity contribution in [1.82, 2.24) is 20.3 Å². The number of nitrogen functional groups attached to an aromatic ring is 1. The molecule has 0 unspecified atom stereocenters. The molecule has 0 spiro atoms. The SMILES string of the molecule is Nc1nc(COC(=O)CCCNC(=O)c2ccc(Cl)cc2)nc(Nc2ccc(F)cc2)n1. The van der Waals surface area contributed by atoms with Crippen molar-refractivity contribution in [2.24, 2.45) is 0 Å². The zero-order chi connectivity index (χ0) is 22.9. The Balaban J connectivity index is 1.42. The summed E-state index contributed by atoms with van der Waals surface area (Å²) in [5.41, 5.74) is 6.71. The highest BCUT2D eigenvalue weighted by Gasteiger charge is 2.10. The van der Waals surface area contributed by atoms with Gasteiger partial charge in [0.25, 0.3) is 5.91 Å². The first-order valence-electron chi connectivity index (χ1n) is 9.61. The van der Waals surface area contributed by atoms with Gasteiger partial charge >= 0.3 is 5.97 Å². The van der Waals surface area contributed by atoms with Crippen molar-refractivity contribution in [2.75, 3.05) is 17.6 Å². The standard InChI is InChI=1S/C21H20ClFN6O3/c22-14-5-3-13(4-6-14)19(31)25-11-1-2-18(30)32-12-17-27-20(24)29-21(28-17)26-16-9-7-15(23)8-10-16/h3-10H,1-2,11-12H2,(H,25,31)(H3,24,26,27,28,29). The Morgan fingerprint density at radius 2 is 1.75 bits per heavy atom. The number of esters is 1. The number of anilines is 3. The summed E-state index contributed by atoms with van der Waals surface area (Å²) in [6.07, 6.45) is 0.497. The monoisotopic (exact) mass is 458 g/mol. The van der Waals surface area contributed by atoms with E-state index in [-0.39, 0.29) is 42.5 Å². The lowest BCUT2D eigenvalue weighted by molar-refractivity contribution is -0.145. The van der Waals surface area contributed by atoms with Crippen LogP contribution in [0.2, 0.25) is 5.02 Å². The number of carbonyl (C=O) groups excluding carboxylic acids is 2. The average Bonchev–Trinajstić information content (AvgIpc) is 2.77. The molecule has 4 N–H and O–H groups in total. The number of nitrogens with one attached hydrogen (secondary N) is 2. The van der Waals surface area contributed by atoms with E-state index in [1.165, 1.54) is 24.3 Å². The molecule has 1 aromatic heterocycles. The molecular formula is C21H20ClFN6O3. The molecule has 0 atom stereocenters. The van der Waals surface area contributed by atoms with Crippen molar-refractivity contribution in [1.29, 1.82) is 0 Å². The Hall–Kier alpha value is -3.79. The van der Waals surface area contributed by atoms with Crippen molar-refractivity contribution >= 4 is 41.1 Å². The van der Waals surface area contributed by atoms with Crippen molar-refractivity contribution < 1.29 is 18.7 Å². The van der Waals surface area contributed by atoms with E-state index in [1.807, 2.05) is 0 Å². The molecule has 3 aromatic rings. The summed E-state index contributed by atoms with van der Waals surface area (Å²) in [5.74, 6) is -0.857. The smallest absolute Gasteiger partial charge is 0.306 e. The molecule has 0 fully saturated rings. The van der Waals surface area contributed by atoms with Crippen LogP contribution < -0.4 is 16.4 Å². The summed E-state index contributed by atoms with van der Waals surface area (Å²) < 4.78 is 18.2. The van der Waals surface area contributed by atoms with Gasteiger partial charge in [0.2, 0.25) is 11.9 Å². The number of ether oxygens (including phenoxy) is 1. The molecule has 166 valence electrons. The molecule has 2 aromatic carbocycles. The van der Waals surface area contributed by atoms with Gasteiger partial charge in [-0.05, 0) is 55.0 Å². The second kappa shape index (κ2) is 11.0. The minimum absolute atomic E-state index is 0.0550. The van der Waals surface area contributed by atoms with E-state index in [1.54, 1.807) is 24.3 Å². The summed E-state index contributed by atoms with van der Waals surface area (Å²) in [7, 11) is 0. The summed E-state index contributed by atoms with van der Waals surface area (Å²) in [6, 6.07) is 12.1. The third-order valence-electron chi connectivity index (χ3n) is 4.11. The highest BCUT2D eigenvalue weighted by atomic mass is 35.5. The molecule has 0 aliphatic rings. The largest absolute Gasteiger partial charge is 0.457 e. The molecule has 0 radical (unpaired) electrons.